The van der Waals surface area contributed by atoms with Gasteiger partial charge in [0.1, 0.15) is 11.3 Å². The molecule has 0 saturated carbocycles. The molecule has 1 amide bonds. The smallest absolute Gasteiger partial charge is 0.331 e. The van der Waals surface area contributed by atoms with Gasteiger partial charge in [0.25, 0.3) is 5.91 Å². The number of aryl methyl sites for hydroxylation is 1. The Hall–Kier alpha value is -1.85. The third kappa shape index (κ3) is 3.00. The third-order valence-corrected chi connectivity index (χ3v) is 4.39. The summed E-state index contributed by atoms with van der Waals surface area (Å²) in [7, 11) is 0. The molecule has 0 bridgehead atoms. The predicted octanol–water partition coefficient (Wildman–Crippen LogP) is 2.26. The number of fused-ring (bicyclic) bond motifs is 1. The van der Waals surface area contributed by atoms with E-state index in [1.807, 2.05) is 13.8 Å². The van der Waals surface area contributed by atoms with Crippen molar-refractivity contribution in [2.24, 2.45) is 5.92 Å². The highest BCUT2D eigenvalue weighted by atomic mass is 16.5. The number of hydrogen-bond acceptors (Lipinski definition) is 5. The highest BCUT2D eigenvalue weighted by Crippen LogP contribution is 2.25. The summed E-state index contributed by atoms with van der Waals surface area (Å²) in [6.45, 7) is 7.44. The Kier molecular flexibility index (Phi) is 4.88. The van der Waals surface area contributed by atoms with E-state index < -0.39 is 11.5 Å². The number of esters is 1. The summed E-state index contributed by atoms with van der Waals surface area (Å²) >= 11 is 0. The van der Waals surface area contributed by atoms with Crippen molar-refractivity contribution in [1.82, 2.24) is 10.5 Å². The van der Waals surface area contributed by atoms with E-state index in [-0.39, 0.29) is 18.4 Å². The lowest BCUT2D eigenvalue weighted by Gasteiger charge is -2.31. The lowest BCUT2D eigenvalue weighted by atomic mass is 9.88. The van der Waals surface area contributed by atoms with Crippen molar-refractivity contribution in [3.05, 3.63) is 17.0 Å². The van der Waals surface area contributed by atoms with Crippen LogP contribution < -0.4 is 5.32 Å². The standard InChI is InChI=1S/C16H24N2O4/c1-5-21-15(20)16(4,10(2)3)17-14(19)13-11-8-6-7-9-12(11)22-18-13/h10H,5-9H2,1-4H3,(H,17,19)/t16-/m0/s1. The molecule has 1 aromatic rings. The molecule has 1 aromatic heterocycles. The fourth-order valence-corrected chi connectivity index (χ4v) is 2.57. The zero-order valence-corrected chi connectivity index (χ0v) is 13.7. The number of aromatic nitrogens is 1. The lowest BCUT2D eigenvalue weighted by molar-refractivity contribution is -0.152. The highest BCUT2D eigenvalue weighted by molar-refractivity contribution is 5.97. The molecule has 0 saturated heterocycles. The summed E-state index contributed by atoms with van der Waals surface area (Å²) in [5, 5.41) is 6.70. The van der Waals surface area contributed by atoms with E-state index in [1.54, 1.807) is 13.8 Å². The van der Waals surface area contributed by atoms with Gasteiger partial charge < -0.3 is 14.6 Å². The molecule has 1 aliphatic carbocycles. The summed E-state index contributed by atoms with van der Waals surface area (Å²) in [5.41, 5.74) is 0.0812. The summed E-state index contributed by atoms with van der Waals surface area (Å²) < 4.78 is 10.4. The molecule has 0 fully saturated rings. The maximum absolute atomic E-state index is 12.6. The molecule has 0 spiro atoms. The molecular formula is C16H24N2O4. The largest absolute Gasteiger partial charge is 0.464 e. The fraction of sp³-hybridized carbons (Fsp3) is 0.688. The van der Waals surface area contributed by atoms with Crippen LogP contribution in [-0.4, -0.2) is 29.2 Å². The van der Waals surface area contributed by atoms with Crippen LogP contribution in [0.1, 0.15) is 62.3 Å². The van der Waals surface area contributed by atoms with E-state index in [9.17, 15) is 9.59 Å². The Balaban J connectivity index is 2.22. The number of amides is 1. The first-order chi connectivity index (χ1) is 10.4. The number of carbonyl (C=O) groups is 2. The van der Waals surface area contributed by atoms with Gasteiger partial charge in [0, 0.05) is 12.0 Å². The Labute approximate surface area is 130 Å². The molecule has 1 heterocycles. The maximum atomic E-state index is 12.6. The molecule has 0 radical (unpaired) electrons. The Morgan fingerprint density at radius 1 is 1.36 bits per heavy atom. The van der Waals surface area contributed by atoms with Crippen LogP contribution in [0.4, 0.5) is 0 Å². The molecular weight excluding hydrogens is 284 g/mol. The van der Waals surface area contributed by atoms with Gasteiger partial charge >= 0.3 is 5.97 Å². The van der Waals surface area contributed by atoms with Crippen LogP contribution in [0.25, 0.3) is 0 Å². The van der Waals surface area contributed by atoms with E-state index in [0.29, 0.717) is 5.69 Å². The van der Waals surface area contributed by atoms with Crippen LogP contribution in [0.2, 0.25) is 0 Å². The lowest BCUT2D eigenvalue weighted by Crippen LogP contribution is -2.56. The molecule has 6 nitrogen and oxygen atoms in total. The second-order valence-electron chi connectivity index (χ2n) is 6.17. The average Bonchev–Trinajstić information content (AvgIpc) is 2.91. The zero-order valence-electron chi connectivity index (χ0n) is 13.7. The van der Waals surface area contributed by atoms with Crippen molar-refractivity contribution >= 4 is 11.9 Å². The highest BCUT2D eigenvalue weighted by Gasteiger charge is 2.41. The van der Waals surface area contributed by atoms with Gasteiger partial charge in [-0.1, -0.05) is 19.0 Å². The Bertz CT molecular complexity index is 564. The first kappa shape index (κ1) is 16.5. The number of carbonyl (C=O) groups excluding carboxylic acids is 2. The molecule has 0 unspecified atom stereocenters. The van der Waals surface area contributed by atoms with Crippen molar-refractivity contribution in [2.45, 2.75) is 58.9 Å². The van der Waals surface area contributed by atoms with Crippen molar-refractivity contribution in [2.75, 3.05) is 6.61 Å². The van der Waals surface area contributed by atoms with Crippen molar-refractivity contribution < 1.29 is 18.8 Å². The zero-order chi connectivity index (χ0) is 16.3. The molecule has 1 aliphatic rings. The summed E-state index contributed by atoms with van der Waals surface area (Å²) in [5.74, 6) is -0.135. The van der Waals surface area contributed by atoms with E-state index in [1.165, 1.54) is 0 Å². The van der Waals surface area contributed by atoms with Gasteiger partial charge in [-0.3, -0.25) is 4.79 Å². The Morgan fingerprint density at radius 3 is 2.68 bits per heavy atom. The Morgan fingerprint density at radius 2 is 2.05 bits per heavy atom. The van der Waals surface area contributed by atoms with Crippen LogP contribution >= 0.6 is 0 Å². The van der Waals surface area contributed by atoms with Gasteiger partial charge in [0.15, 0.2) is 5.69 Å². The molecule has 0 aromatic carbocycles. The first-order valence-corrected chi connectivity index (χ1v) is 7.87. The molecule has 6 heteroatoms. The van der Waals surface area contributed by atoms with Crippen LogP contribution in [0.3, 0.4) is 0 Å². The predicted molar refractivity (Wildman–Crippen MR) is 80.5 cm³/mol. The van der Waals surface area contributed by atoms with E-state index in [0.717, 1.165) is 37.0 Å². The molecule has 0 aliphatic heterocycles. The van der Waals surface area contributed by atoms with Gasteiger partial charge in [-0.15, -0.1) is 0 Å². The minimum atomic E-state index is -1.09. The molecule has 122 valence electrons. The van der Waals surface area contributed by atoms with Crippen LogP contribution in [-0.2, 0) is 22.4 Å². The minimum absolute atomic E-state index is 0.113. The van der Waals surface area contributed by atoms with E-state index in [4.69, 9.17) is 9.26 Å². The van der Waals surface area contributed by atoms with Crippen LogP contribution in [0.5, 0.6) is 0 Å². The number of hydrogen-bond donors (Lipinski definition) is 1. The monoisotopic (exact) mass is 308 g/mol. The average molecular weight is 308 g/mol. The number of ether oxygens (including phenoxy) is 1. The second-order valence-corrected chi connectivity index (χ2v) is 6.17. The summed E-state index contributed by atoms with van der Waals surface area (Å²) in [4.78, 5) is 24.8. The van der Waals surface area contributed by atoms with Gasteiger partial charge in [-0.2, -0.15) is 0 Å². The van der Waals surface area contributed by atoms with Crippen LogP contribution in [0, 0.1) is 5.92 Å². The number of nitrogens with zero attached hydrogens (tertiary/aromatic N) is 1. The quantitative estimate of drug-likeness (QED) is 0.844. The third-order valence-electron chi connectivity index (χ3n) is 4.39. The van der Waals surface area contributed by atoms with Crippen molar-refractivity contribution in [3.8, 4) is 0 Å². The van der Waals surface area contributed by atoms with Gasteiger partial charge in [0.2, 0.25) is 0 Å². The first-order valence-electron chi connectivity index (χ1n) is 7.87. The van der Waals surface area contributed by atoms with E-state index in [2.05, 4.69) is 10.5 Å². The normalized spacial score (nSPS) is 16.8. The SMILES string of the molecule is CCOC(=O)[C@@](C)(NC(=O)c1noc2c1CCCC2)C(C)C. The van der Waals surface area contributed by atoms with E-state index >= 15 is 0 Å². The molecule has 1 atom stereocenters. The molecule has 1 N–H and O–H groups in total. The maximum Gasteiger partial charge on any atom is 0.331 e. The summed E-state index contributed by atoms with van der Waals surface area (Å²) in [6.07, 6.45) is 3.68. The van der Waals surface area contributed by atoms with Crippen LogP contribution in [0.15, 0.2) is 4.52 Å². The fourth-order valence-electron chi connectivity index (χ4n) is 2.57. The van der Waals surface area contributed by atoms with Gasteiger partial charge in [-0.05, 0) is 39.0 Å². The second kappa shape index (κ2) is 6.50. The topological polar surface area (TPSA) is 81.4 Å². The van der Waals surface area contributed by atoms with Gasteiger partial charge in [-0.25, -0.2) is 4.79 Å². The molecule has 22 heavy (non-hydrogen) atoms. The number of nitrogens with one attached hydrogen (secondary N) is 1. The van der Waals surface area contributed by atoms with Crippen molar-refractivity contribution in [1.29, 1.82) is 0 Å². The van der Waals surface area contributed by atoms with Gasteiger partial charge in [0.05, 0.1) is 6.61 Å². The minimum Gasteiger partial charge on any atom is -0.464 e. The number of rotatable bonds is 5. The molecule has 2 rings (SSSR count). The summed E-state index contributed by atoms with van der Waals surface area (Å²) in [6, 6.07) is 0. The van der Waals surface area contributed by atoms with Crippen molar-refractivity contribution in [3.63, 3.8) is 0 Å².